The Morgan fingerprint density at radius 1 is 1.39 bits per heavy atom. The van der Waals surface area contributed by atoms with Crippen molar-refractivity contribution < 1.29 is 9.94 Å². The molecule has 1 aliphatic heterocycles. The molecule has 1 N–H and O–H groups in total. The third-order valence-corrected chi connectivity index (χ3v) is 2.52. The maximum atomic E-state index is 8.60. The fourth-order valence-electron chi connectivity index (χ4n) is 1.60. The third kappa shape index (κ3) is 4.79. The predicted octanol–water partition coefficient (Wildman–Crippen LogP) is 2.07. The van der Waals surface area contributed by atoms with Crippen molar-refractivity contribution in [2.45, 2.75) is 26.9 Å². The average molecular weight is 253 g/mol. The standard InChI is InChI=1S/C13H23N3O2/c1-13(2,3)6-5-9-18-11-16-8-7-15(4)12(16)10-14-17/h5-8,10,12,17H,9,11H2,1-4H3/b6-5+,14-10-. The highest BCUT2D eigenvalue weighted by atomic mass is 16.5. The number of ether oxygens (including phenoxy) is 1. The third-order valence-electron chi connectivity index (χ3n) is 2.52. The van der Waals surface area contributed by atoms with Crippen LogP contribution in [-0.2, 0) is 4.74 Å². The van der Waals surface area contributed by atoms with Crippen LogP contribution >= 0.6 is 0 Å². The van der Waals surface area contributed by atoms with E-state index in [-0.39, 0.29) is 11.6 Å². The Balaban J connectivity index is 2.31. The summed E-state index contributed by atoms with van der Waals surface area (Å²) in [5, 5.41) is 11.7. The first kappa shape index (κ1) is 14.6. The molecule has 0 spiro atoms. The monoisotopic (exact) mass is 253 g/mol. The first-order chi connectivity index (χ1) is 8.44. The molecule has 1 rings (SSSR count). The largest absolute Gasteiger partial charge is 0.411 e. The minimum atomic E-state index is -0.0819. The summed E-state index contributed by atoms with van der Waals surface area (Å²) in [7, 11) is 1.92. The molecule has 1 atom stereocenters. The number of hydrogen-bond acceptors (Lipinski definition) is 5. The normalized spacial score (nSPS) is 20.8. The number of allylic oxidation sites excluding steroid dienone is 1. The van der Waals surface area contributed by atoms with Crippen molar-refractivity contribution in [1.29, 1.82) is 0 Å². The van der Waals surface area contributed by atoms with E-state index in [4.69, 9.17) is 9.94 Å². The van der Waals surface area contributed by atoms with Crippen LogP contribution in [0, 0.1) is 5.41 Å². The minimum Gasteiger partial charge on any atom is -0.411 e. The molecular weight excluding hydrogens is 230 g/mol. The highest BCUT2D eigenvalue weighted by Gasteiger charge is 2.21. The summed E-state index contributed by atoms with van der Waals surface area (Å²) in [6, 6.07) is 0. The Labute approximate surface area is 109 Å². The van der Waals surface area contributed by atoms with E-state index in [9.17, 15) is 0 Å². The van der Waals surface area contributed by atoms with E-state index in [1.54, 1.807) is 0 Å². The molecule has 5 nitrogen and oxygen atoms in total. The molecule has 0 aromatic carbocycles. The van der Waals surface area contributed by atoms with Crippen molar-refractivity contribution >= 4 is 6.21 Å². The Morgan fingerprint density at radius 2 is 2.11 bits per heavy atom. The number of nitrogens with zero attached hydrogens (tertiary/aromatic N) is 3. The van der Waals surface area contributed by atoms with Gasteiger partial charge in [-0.15, -0.1) is 0 Å². The average Bonchev–Trinajstić information content (AvgIpc) is 2.60. The van der Waals surface area contributed by atoms with Crippen molar-refractivity contribution in [2.75, 3.05) is 20.4 Å². The van der Waals surface area contributed by atoms with Crippen LogP contribution in [0.2, 0.25) is 0 Å². The smallest absolute Gasteiger partial charge is 0.142 e. The summed E-state index contributed by atoms with van der Waals surface area (Å²) in [5.74, 6) is 0. The van der Waals surface area contributed by atoms with Crippen LogP contribution < -0.4 is 0 Å². The van der Waals surface area contributed by atoms with Gasteiger partial charge in [0.25, 0.3) is 0 Å². The Morgan fingerprint density at radius 3 is 2.72 bits per heavy atom. The second kappa shape index (κ2) is 6.44. The highest BCUT2D eigenvalue weighted by molar-refractivity contribution is 5.64. The van der Waals surface area contributed by atoms with Gasteiger partial charge in [0.1, 0.15) is 12.9 Å². The van der Waals surface area contributed by atoms with Crippen LogP contribution in [-0.4, -0.2) is 47.8 Å². The SMILES string of the molecule is CN1C=CN(COC/C=C/C(C)(C)C)C1/C=N\O. The molecule has 0 saturated carbocycles. The topological polar surface area (TPSA) is 48.3 Å². The van der Waals surface area contributed by atoms with Gasteiger partial charge in [-0.05, 0) is 5.41 Å². The second-order valence-electron chi connectivity index (χ2n) is 5.42. The molecule has 1 unspecified atom stereocenters. The van der Waals surface area contributed by atoms with Crippen LogP contribution in [0.5, 0.6) is 0 Å². The van der Waals surface area contributed by atoms with Gasteiger partial charge in [-0.3, -0.25) is 0 Å². The second-order valence-corrected chi connectivity index (χ2v) is 5.42. The molecule has 0 saturated heterocycles. The fraction of sp³-hybridized carbons (Fsp3) is 0.615. The van der Waals surface area contributed by atoms with Crippen LogP contribution in [0.3, 0.4) is 0 Å². The van der Waals surface area contributed by atoms with E-state index >= 15 is 0 Å². The van der Waals surface area contributed by atoms with Gasteiger partial charge in [0.15, 0.2) is 0 Å². The van der Waals surface area contributed by atoms with E-state index in [1.807, 2.05) is 35.3 Å². The maximum absolute atomic E-state index is 8.60. The summed E-state index contributed by atoms with van der Waals surface area (Å²) in [6.45, 7) is 7.49. The lowest BCUT2D eigenvalue weighted by Gasteiger charge is -2.26. The summed E-state index contributed by atoms with van der Waals surface area (Å²) < 4.78 is 5.56. The van der Waals surface area contributed by atoms with Gasteiger partial charge in [-0.2, -0.15) is 0 Å². The molecule has 0 aromatic heterocycles. The Hall–Kier alpha value is -1.49. The van der Waals surface area contributed by atoms with E-state index in [0.717, 1.165) is 0 Å². The van der Waals surface area contributed by atoms with Gasteiger partial charge in [0, 0.05) is 19.4 Å². The van der Waals surface area contributed by atoms with Crippen LogP contribution in [0.4, 0.5) is 0 Å². The van der Waals surface area contributed by atoms with Gasteiger partial charge in [0.05, 0.1) is 12.8 Å². The molecule has 0 aliphatic carbocycles. The van der Waals surface area contributed by atoms with Gasteiger partial charge < -0.3 is 19.7 Å². The molecular formula is C13H23N3O2. The van der Waals surface area contributed by atoms with E-state index < -0.39 is 0 Å². The van der Waals surface area contributed by atoms with Crippen LogP contribution in [0.1, 0.15) is 20.8 Å². The van der Waals surface area contributed by atoms with E-state index in [0.29, 0.717) is 13.3 Å². The number of hydrogen-bond donors (Lipinski definition) is 1. The molecule has 0 bridgehead atoms. The Kier molecular flexibility index (Phi) is 5.22. The van der Waals surface area contributed by atoms with Crippen LogP contribution in [0.15, 0.2) is 29.7 Å². The molecule has 0 amide bonds. The quantitative estimate of drug-likeness (QED) is 0.268. The summed E-state index contributed by atoms with van der Waals surface area (Å²) in [4.78, 5) is 3.89. The number of rotatable bonds is 5. The molecule has 1 aliphatic rings. The Bertz CT molecular complexity index is 332. The minimum absolute atomic E-state index is 0.0819. The lowest BCUT2D eigenvalue weighted by molar-refractivity contribution is 0.0492. The zero-order valence-electron chi connectivity index (χ0n) is 11.6. The van der Waals surface area contributed by atoms with Gasteiger partial charge >= 0.3 is 0 Å². The predicted molar refractivity (Wildman–Crippen MR) is 72.2 cm³/mol. The maximum Gasteiger partial charge on any atom is 0.142 e. The highest BCUT2D eigenvalue weighted by Crippen LogP contribution is 2.14. The zero-order chi connectivity index (χ0) is 13.6. The van der Waals surface area contributed by atoms with Crippen molar-refractivity contribution in [3.05, 3.63) is 24.6 Å². The van der Waals surface area contributed by atoms with Crippen molar-refractivity contribution in [3.63, 3.8) is 0 Å². The van der Waals surface area contributed by atoms with Gasteiger partial charge in [0.2, 0.25) is 0 Å². The van der Waals surface area contributed by atoms with Crippen molar-refractivity contribution in [1.82, 2.24) is 9.80 Å². The first-order valence-electron chi connectivity index (χ1n) is 6.03. The van der Waals surface area contributed by atoms with Gasteiger partial charge in [-0.25, -0.2) is 0 Å². The van der Waals surface area contributed by atoms with Crippen molar-refractivity contribution in [3.8, 4) is 0 Å². The first-order valence-corrected chi connectivity index (χ1v) is 6.03. The fourth-order valence-corrected chi connectivity index (χ4v) is 1.60. The van der Waals surface area contributed by atoms with E-state index in [1.165, 1.54) is 6.21 Å². The summed E-state index contributed by atoms with van der Waals surface area (Å²) >= 11 is 0. The van der Waals surface area contributed by atoms with Gasteiger partial charge in [-0.1, -0.05) is 38.1 Å². The zero-order valence-corrected chi connectivity index (χ0v) is 11.6. The molecule has 5 heteroatoms. The molecule has 1 heterocycles. The summed E-state index contributed by atoms with van der Waals surface area (Å²) in [6.07, 6.45) is 9.38. The van der Waals surface area contributed by atoms with Crippen molar-refractivity contribution in [2.24, 2.45) is 10.6 Å². The summed E-state index contributed by atoms with van der Waals surface area (Å²) in [5.41, 5.74) is 0.184. The molecule has 0 aromatic rings. The number of oxime groups is 1. The van der Waals surface area contributed by atoms with E-state index in [2.05, 4.69) is 32.0 Å². The lowest BCUT2D eigenvalue weighted by Crippen LogP contribution is -2.39. The molecule has 0 radical (unpaired) electrons. The molecule has 18 heavy (non-hydrogen) atoms. The lowest BCUT2D eigenvalue weighted by atomic mass is 9.96. The van der Waals surface area contributed by atoms with Crippen LogP contribution in [0.25, 0.3) is 0 Å². The molecule has 102 valence electrons. The molecule has 0 fully saturated rings.